The molecule has 3 heterocycles. The van der Waals surface area contributed by atoms with Crippen LogP contribution in [0.25, 0.3) is 5.57 Å². The summed E-state index contributed by atoms with van der Waals surface area (Å²) in [6.07, 6.45) is 6.19. The molecular weight excluding hydrogens is 330 g/mol. The second kappa shape index (κ2) is 7.51. The van der Waals surface area contributed by atoms with Gasteiger partial charge in [0.25, 0.3) is 0 Å². The Morgan fingerprint density at radius 3 is 2.88 bits per heavy atom. The summed E-state index contributed by atoms with van der Waals surface area (Å²) in [6.45, 7) is 7.21. The molecule has 0 spiro atoms. The second-order valence-corrected chi connectivity index (χ2v) is 6.84. The van der Waals surface area contributed by atoms with Gasteiger partial charge < -0.3 is 19.5 Å². The van der Waals surface area contributed by atoms with Crippen LogP contribution >= 0.6 is 0 Å². The molecule has 0 radical (unpaired) electrons. The number of hydrogen-bond donors (Lipinski definition) is 1. The molecule has 1 aromatic carbocycles. The van der Waals surface area contributed by atoms with Crippen molar-refractivity contribution in [2.75, 3.05) is 38.3 Å². The maximum absolute atomic E-state index is 6.04. The molecule has 0 saturated carbocycles. The van der Waals surface area contributed by atoms with Crippen LogP contribution in [0.4, 0.5) is 5.69 Å². The Morgan fingerprint density at radius 1 is 1.15 bits per heavy atom. The molecule has 0 saturated heterocycles. The molecule has 0 amide bonds. The molecule has 6 nitrogen and oxygen atoms in total. The van der Waals surface area contributed by atoms with Gasteiger partial charge in [-0.05, 0) is 37.6 Å². The van der Waals surface area contributed by atoms with E-state index in [2.05, 4.69) is 41.7 Å². The van der Waals surface area contributed by atoms with Crippen molar-refractivity contribution in [1.82, 2.24) is 9.78 Å². The molecular formula is C20H25N3O3. The van der Waals surface area contributed by atoms with Crippen molar-refractivity contribution in [3.63, 3.8) is 0 Å². The number of rotatable bonds is 0. The summed E-state index contributed by atoms with van der Waals surface area (Å²) in [6, 6.07) is 6.35. The second-order valence-electron chi connectivity index (χ2n) is 6.84. The van der Waals surface area contributed by atoms with E-state index >= 15 is 0 Å². The minimum Gasteiger partial charge on any atom is -0.488 e. The first-order valence-electron chi connectivity index (χ1n) is 9.16. The van der Waals surface area contributed by atoms with Gasteiger partial charge in [0.15, 0.2) is 0 Å². The summed E-state index contributed by atoms with van der Waals surface area (Å²) in [5, 5.41) is 7.97. The molecule has 0 fully saturated rings. The normalized spacial score (nSPS) is 23.5. The van der Waals surface area contributed by atoms with Crippen molar-refractivity contribution in [3.8, 4) is 5.75 Å². The highest BCUT2D eigenvalue weighted by Crippen LogP contribution is 2.35. The standard InChI is InChI=1S/C20H25N3O3/c1-14-12-24-7-8-25-13-15(2)26-17-3-4-20-19(9-17)18(5-6-21-20)16-10-22-23(14)11-16/h3-5,9-11,14-15,21H,6-8,12-13H2,1-2H3/t14-,15+/m0/s1. The summed E-state index contributed by atoms with van der Waals surface area (Å²) in [5.74, 6) is 0.846. The fourth-order valence-corrected chi connectivity index (χ4v) is 3.30. The first-order chi connectivity index (χ1) is 12.7. The Hall–Kier alpha value is -2.31. The molecule has 2 aromatic rings. The Bertz CT molecular complexity index is 799. The molecule has 1 aromatic heterocycles. The van der Waals surface area contributed by atoms with Crippen molar-refractivity contribution in [2.24, 2.45) is 0 Å². The molecule has 2 aliphatic rings. The number of aromatic nitrogens is 2. The van der Waals surface area contributed by atoms with Crippen LogP contribution in [0.5, 0.6) is 5.75 Å². The van der Waals surface area contributed by atoms with Crippen LogP contribution < -0.4 is 10.1 Å². The third-order valence-electron chi connectivity index (χ3n) is 4.66. The van der Waals surface area contributed by atoms with Gasteiger partial charge in [-0.3, -0.25) is 4.68 Å². The summed E-state index contributed by atoms with van der Waals surface area (Å²) >= 11 is 0. The van der Waals surface area contributed by atoms with Gasteiger partial charge in [0.2, 0.25) is 0 Å². The number of benzene rings is 1. The maximum atomic E-state index is 6.04. The molecule has 2 aliphatic heterocycles. The Balaban J connectivity index is 1.70. The zero-order valence-corrected chi connectivity index (χ0v) is 15.3. The number of anilines is 1. The number of hydrogen-bond acceptors (Lipinski definition) is 5. The van der Waals surface area contributed by atoms with Crippen LogP contribution in [0, 0.1) is 0 Å². The average molecular weight is 355 g/mol. The van der Waals surface area contributed by atoms with Gasteiger partial charge in [-0.1, -0.05) is 6.08 Å². The molecule has 4 rings (SSSR count). The van der Waals surface area contributed by atoms with Crippen LogP contribution in [0.3, 0.4) is 0 Å². The average Bonchev–Trinajstić information content (AvgIpc) is 3.13. The van der Waals surface area contributed by atoms with Crippen molar-refractivity contribution >= 4 is 11.3 Å². The van der Waals surface area contributed by atoms with E-state index < -0.39 is 0 Å². The Labute approximate surface area is 153 Å². The maximum Gasteiger partial charge on any atom is 0.120 e. The molecule has 0 unspecified atom stereocenters. The number of nitrogens with zero attached hydrogens (tertiary/aromatic N) is 2. The molecule has 1 N–H and O–H groups in total. The third kappa shape index (κ3) is 3.61. The molecule has 26 heavy (non-hydrogen) atoms. The lowest BCUT2D eigenvalue weighted by Gasteiger charge is -2.22. The highest BCUT2D eigenvalue weighted by Gasteiger charge is 2.18. The number of fused-ring (bicyclic) bond motifs is 4. The van der Waals surface area contributed by atoms with Crippen LogP contribution in [-0.4, -0.2) is 48.9 Å². The minimum atomic E-state index is -0.0217. The lowest BCUT2D eigenvalue weighted by Crippen LogP contribution is -2.21. The lowest BCUT2D eigenvalue weighted by atomic mass is 9.95. The summed E-state index contributed by atoms with van der Waals surface area (Å²) in [5.41, 5.74) is 4.54. The van der Waals surface area contributed by atoms with Crippen LogP contribution in [0.2, 0.25) is 0 Å². The quantitative estimate of drug-likeness (QED) is 0.787. The predicted molar refractivity (Wildman–Crippen MR) is 101 cm³/mol. The van der Waals surface area contributed by atoms with Gasteiger partial charge in [0.1, 0.15) is 11.9 Å². The van der Waals surface area contributed by atoms with E-state index in [1.54, 1.807) is 0 Å². The van der Waals surface area contributed by atoms with Crippen LogP contribution in [0.1, 0.15) is 31.0 Å². The minimum absolute atomic E-state index is 0.0217. The van der Waals surface area contributed by atoms with Gasteiger partial charge >= 0.3 is 0 Å². The van der Waals surface area contributed by atoms with Crippen molar-refractivity contribution in [3.05, 3.63) is 47.8 Å². The molecule has 4 bridgehead atoms. The highest BCUT2D eigenvalue weighted by atomic mass is 16.5. The third-order valence-corrected chi connectivity index (χ3v) is 4.66. The summed E-state index contributed by atoms with van der Waals surface area (Å²) < 4.78 is 19.4. The molecule has 6 heteroatoms. The largest absolute Gasteiger partial charge is 0.488 e. The van der Waals surface area contributed by atoms with E-state index in [1.807, 2.05) is 23.9 Å². The van der Waals surface area contributed by atoms with Gasteiger partial charge in [-0.25, -0.2) is 0 Å². The van der Waals surface area contributed by atoms with Crippen LogP contribution in [0.15, 0.2) is 36.7 Å². The van der Waals surface area contributed by atoms with Crippen LogP contribution in [-0.2, 0) is 9.47 Å². The van der Waals surface area contributed by atoms with E-state index in [0.717, 1.165) is 29.1 Å². The van der Waals surface area contributed by atoms with E-state index in [4.69, 9.17) is 14.2 Å². The zero-order valence-electron chi connectivity index (χ0n) is 15.3. The smallest absolute Gasteiger partial charge is 0.120 e. The summed E-state index contributed by atoms with van der Waals surface area (Å²) in [7, 11) is 0. The monoisotopic (exact) mass is 355 g/mol. The zero-order chi connectivity index (χ0) is 17.9. The van der Waals surface area contributed by atoms with Crippen molar-refractivity contribution < 1.29 is 14.2 Å². The van der Waals surface area contributed by atoms with E-state index in [0.29, 0.717) is 26.4 Å². The SMILES string of the molecule is C[C@@H]1COCCOC[C@H](C)n2cc(cn2)C2=CCNc3ccc(cc32)O1. The molecule has 0 aliphatic carbocycles. The van der Waals surface area contributed by atoms with Gasteiger partial charge in [-0.2, -0.15) is 5.10 Å². The topological polar surface area (TPSA) is 57.5 Å². The van der Waals surface area contributed by atoms with Crippen molar-refractivity contribution in [1.29, 1.82) is 0 Å². The van der Waals surface area contributed by atoms with E-state index in [1.165, 1.54) is 5.57 Å². The Morgan fingerprint density at radius 2 is 2.00 bits per heavy atom. The first-order valence-corrected chi connectivity index (χ1v) is 9.16. The molecule has 138 valence electrons. The number of ether oxygens (including phenoxy) is 3. The lowest BCUT2D eigenvalue weighted by molar-refractivity contribution is 0.00972. The predicted octanol–water partition coefficient (Wildman–Crippen LogP) is 3.12. The van der Waals surface area contributed by atoms with Crippen molar-refractivity contribution in [2.45, 2.75) is 26.0 Å². The van der Waals surface area contributed by atoms with Gasteiger partial charge in [0.05, 0.1) is 38.7 Å². The fourth-order valence-electron chi connectivity index (χ4n) is 3.30. The fraction of sp³-hybridized carbons (Fsp3) is 0.450. The Kier molecular flexibility index (Phi) is 4.95. The van der Waals surface area contributed by atoms with E-state index in [9.17, 15) is 0 Å². The van der Waals surface area contributed by atoms with Gasteiger partial charge in [-0.15, -0.1) is 0 Å². The first kappa shape index (κ1) is 17.1. The van der Waals surface area contributed by atoms with E-state index in [-0.39, 0.29) is 12.1 Å². The summed E-state index contributed by atoms with van der Waals surface area (Å²) in [4.78, 5) is 0. The highest BCUT2D eigenvalue weighted by molar-refractivity contribution is 5.88. The number of nitrogens with one attached hydrogen (secondary N) is 1. The van der Waals surface area contributed by atoms with Gasteiger partial charge in [0, 0.05) is 29.6 Å². The molecule has 2 atom stereocenters.